The van der Waals surface area contributed by atoms with Crippen LogP contribution in [0.1, 0.15) is 17.3 Å². The summed E-state index contributed by atoms with van der Waals surface area (Å²) in [6, 6.07) is 6.91. The predicted molar refractivity (Wildman–Crippen MR) is 95.1 cm³/mol. The minimum Gasteiger partial charge on any atom is -0.493 e. The number of aromatic nitrogens is 2. The van der Waals surface area contributed by atoms with E-state index in [9.17, 15) is 9.90 Å². The van der Waals surface area contributed by atoms with Crippen molar-refractivity contribution in [3.05, 3.63) is 36.0 Å². The third-order valence-corrected chi connectivity index (χ3v) is 4.68. The molecule has 2 aromatic rings. The number of carbonyl (C=O) groups is 1. The molecule has 2 heterocycles. The Kier molecular flexibility index (Phi) is 5.20. The van der Waals surface area contributed by atoms with Crippen molar-refractivity contribution in [1.29, 1.82) is 0 Å². The van der Waals surface area contributed by atoms with E-state index in [4.69, 9.17) is 4.74 Å². The van der Waals surface area contributed by atoms with Gasteiger partial charge in [0, 0.05) is 36.4 Å². The van der Waals surface area contributed by atoms with Crippen LogP contribution in [0, 0.1) is 0 Å². The molecule has 1 aliphatic rings. The number of anilines is 1. The fourth-order valence-electron chi connectivity index (χ4n) is 2.56. The van der Waals surface area contributed by atoms with E-state index >= 15 is 0 Å². The van der Waals surface area contributed by atoms with Crippen molar-refractivity contribution in [2.45, 2.75) is 6.92 Å². The van der Waals surface area contributed by atoms with E-state index in [1.165, 1.54) is 0 Å². The number of rotatable bonds is 5. The number of hydrogen-bond acceptors (Lipinski definition) is 6. The quantitative estimate of drug-likeness (QED) is 0.893. The number of carboxylic acid groups (broad SMARTS) is 1. The molecule has 0 atom stereocenters. The molecule has 1 N–H and O–H groups in total. The summed E-state index contributed by atoms with van der Waals surface area (Å²) in [6.45, 7) is 4.10. The maximum atomic E-state index is 11.5. The van der Waals surface area contributed by atoms with E-state index in [0.29, 0.717) is 24.0 Å². The second kappa shape index (κ2) is 7.53. The molecular formula is C17H19N3O3S. The fraction of sp³-hybridized carbons (Fsp3) is 0.353. The molecule has 1 fully saturated rings. The zero-order valence-corrected chi connectivity index (χ0v) is 14.3. The van der Waals surface area contributed by atoms with Gasteiger partial charge in [0.15, 0.2) is 0 Å². The Hall–Kier alpha value is -2.28. The molecule has 1 saturated heterocycles. The van der Waals surface area contributed by atoms with Crippen molar-refractivity contribution in [2.24, 2.45) is 0 Å². The van der Waals surface area contributed by atoms with Gasteiger partial charge in [-0.3, -0.25) is 0 Å². The Labute approximate surface area is 144 Å². The summed E-state index contributed by atoms with van der Waals surface area (Å²) in [7, 11) is 0. The first-order valence-electron chi connectivity index (χ1n) is 7.85. The van der Waals surface area contributed by atoms with E-state index in [-0.39, 0.29) is 5.56 Å². The molecule has 24 heavy (non-hydrogen) atoms. The van der Waals surface area contributed by atoms with Gasteiger partial charge in [-0.15, -0.1) is 0 Å². The maximum absolute atomic E-state index is 11.5. The minimum atomic E-state index is -1.01. The van der Waals surface area contributed by atoms with Crippen molar-refractivity contribution in [3.8, 4) is 17.0 Å². The van der Waals surface area contributed by atoms with Gasteiger partial charge in [-0.1, -0.05) is 0 Å². The Morgan fingerprint density at radius 1 is 1.33 bits per heavy atom. The molecule has 1 aliphatic heterocycles. The SMILES string of the molecule is CCOc1ccc(-c2ccnc(N3CCSCC3)n2)cc1C(=O)O. The first-order chi connectivity index (χ1) is 11.7. The fourth-order valence-corrected chi connectivity index (χ4v) is 3.47. The first kappa shape index (κ1) is 16.6. The molecule has 1 aromatic heterocycles. The van der Waals surface area contributed by atoms with Gasteiger partial charge in [0.2, 0.25) is 5.95 Å². The molecule has 0 saturated carbocycles. The van der Waals surface area contributed by atoms with Crippen LogP contribution in [0.3, 0.4) is 0 Å². The topological polar surface area (TPSA) is 75.5 Å². The summed E-state index contributed by atoms with van der Waals surface area (Å²) in [4.78, 5) is 22.6. The number of ether oxygens (including phenoxy) is 1. The molecule has 0 bridgehead atoms. The van der Waals surface area contributed by atoms with E-state index in [1.807, 2.05) is 24.8 Å². The van der Waals surface area contributed by atoms with Crippen molar-refractivity contribution >= 4 is 23.7 Å². The Balaban J connectivity index is 1.93. The van der Waals surface area contributed by atoms with Crippen LogP contribution < -0.4 is 9.64 Å². The standard InChI is InChI=1S/C17H19N3O3S/c1-2-23-15-4-3-12(11-13(15)16(21)22)14-5-6-18-17(19-14)20-7-9-24-10-8-20/h3-6,11H,2,7-10H2,1H3,(H,21,22). The lowest BCUT2D eigenvalue weighted by atomic mass is 10.1. The lowest BCUT2D eigenvalue weighted by molar-refractivity contribution is 0.0692. The van der Waals surface area contributed by atoms with E-state index < -0.39 is 5.97 Å². The maximum Gasteiger partial charge on any atom is 0.339 e. The van der Waals surface area contributed by atoms with Gasteiger partial charge in [-0.25, -0.2) is 14.8 Å². The highest BCUT2D eigenvalue weighted by Crippen LogP contribution is 2.27. The molecule has 7 heteroatoms. The van der Waals surface area contributed by atoms with Gasteiger partial charge in [-0.2, -0.15) is 11.8 Å². The van der Waals surface area contributed by atoms with Crippen LogP contribution in [-0.4, -0.2) is 52.2 Å². The summed E-state index contributed by atoms with van der Waals surface area (Å²) in [5.41, 5.74) is 1.60. The smallest absolute Gasteiger partial charge is 0.339 e. The number of aromatic carboxylic acids is 1. The molecule has 6 nitrogen and oxygen atoms in total. The number of benzene rings is 1. The average Bonchev–Trinajstić information content (AvgIpc) is 2.63. The molecular weight excluding hydrogens is 326 g/mol. The number of hydrogen-bond donors (Lipinski definition) is 1. The molecule has 0 aliphatic carbocycles. The van der Waals surface area contributed by atoms with Crippen LogP contribution in [0.4, 0.5) is 5.95 Å². The molecule has 3 rings (SSSR count). The Morgan fingerprint density at radius 2 is 2.12 bits per heavy atom. The summed E-state index contributed by atoms with van der Waals surface area (Å²) in [6.07, 6.45) is 1.72. The second-order valence-corrected chi connectivity index (χ2v) is 6.52. The number of nitrogens with zero attached hydrogens (tertiary/aromatic N) is 3. The zero-order valence-electron chi connectivity index (χ0n) is 13.4. The van der Waals surface area contributed by atoms with Gasteiger partial charge in [0.25, 0.3) is 0 Å². The number of carboxylic acids is 1. The van der Waals surface area contributed by atoms with Crippen molar-refractivity contribution in [1.82, 2.24) is 9.97 Å². The van der Waals surface area contributed by atoms with E-state index in [0.717, 1.165) is 30.2 Å². The molecule has 1 aromatic carbocycles. The Bertz CT molecular complexity index is 733. The second-order valence-electron chi connectivity index (χ2n) is 5.29. The summed E-state index contributed by atoms with van der Waals surface area (Å²) in [5, 5.41) is 9.40. The Morgan fingerprint density at radius 3 is 2.83 bits per heavy atom. The molecule has 0 unspecified atom stereocenters. The van der Waals surface area contributed by atoms with Crippen LogP contribution in [0.5, 0.6) is 5.75 Å². The lowest BCUT2D eigenvalue weighted by Crippen LogP contribution is -2.33. The van der Waals surface area contributed by atoms with Crippen molar-refractivity contribution in [3.63, 3.8) is 0 Å². The highest BCUT2D eigenvalue weighted by Gasteiger charge is 2.16. The third-order valence-electron chi connectivity index (χ3n) is 3.74. The summed E-state index contributed by atoms with van der Waals surface area (Å²) in [5.74, 6) is 2.19. The van der Waals surface area contributed by atoms with E-state index in [1.54, 1.807) is 24.4 Å². The molecule has 126 valence electrons. The summed E-state index contributed by atoms with van der Waals surface area (Å²) < 4.78 is 5.38. The summed E-state index contributed by atoms with van der Waals surface area (Å²) >= 11 is 1.93. The average molecular weight is 345 g/mol. The monoisotopic (exact) mass is 345 g/mol. The van der Waals surface area contributed by atoms with Crippen LogP contribution in [-0.2, 0) is 0 Å². The van der Waals surface area contributed by atoms with Gasteiger partial charge in [-0.05, 0) is 31.2 Å². The van der Waals surface area contributed by atoms with Gasteiger partial charge in [0.05, 0.1) is 12.3 Å². The first-order valence-corrected chi connectivity index (χ1v) is 9.00. The molecule has 0 spiro atoms. The molecule has 0 amide bonds. The van der Waals surface area contributed by atoms with Crippen molar-refractivity contribution in [2.75, 3.05) is 36.1 Å². The van der Waals surface area contributed by atoms with Gasteiger partial charge >= 0.3 is 5.97 Å². The zero-order chi connectivity index (χ0) is 16.9. The van der Waals surface area contributed by atoms with Gasteiger partial charge < -0.3 is 14.7 Å². The van der Waals surface area contributed by atoms with Crippen LogP contribution in [0.25, 0.3) is 11.3 Å². The third kappa shape index (κ3) is 3.62. The number of thioether (sulfide) groups is 1. The van der Waals surface area contributed by atoms with E-state index in [2.05, 4.69) is 14.9 Å². The van der Waals surface area contributed by atoms with Crippen LogP contribution in [0.2, 0.25) is 0 Å². The molecule has 0 radical (unpaired) electrons. The highest BCUT2D eigenvalue weighted by molar-refractivity contribution is 7.99. The van der Waals surface area contributed by atoms with Crippen LogP contribution in [0.15, 0.2) is 30.5 Å². The highest BCUT2D eigenvalue weighted by atomic mass is 32.2. The predicted octanol–water partition coefficient (Wildman–Crippen LogP) is 2.79. The van der Waals surface area contributed by atoms with Crippen LogP contribution >= 0.6 is 11.8 Å². The lowest BCUT2D eigenvalue weighted by Gasteiger charge is -2.26. The van der Waals surface area contributed by atoms with Gasteiger partial charge in [0.1, 0.15) is 11.3 Å². The minimum absolute atomic E-state index is 0.142. The van der Waals surface area contributed by atoms with Crippen molar-refractivity contribution < 1.29 is 14.6 Å². The normalized spacial score (nSPS) is 14.5. The largest absolute Gasteiger partial charge is 0.493 e.